The van der Waals surface area contributed by atoms with Crippen molar-refractivity contribution >= 4 is 11.0 Å². The van der Waals surface area contributed by atoms with Gasteiger partial charge in [-0.3, -0.25) is 0 Å². The summed E-state index contributed by atoms with van der Waals surface area (Å²) in [6.07, 6.45) is 6.49. The van der Waals surface area contributed by atoms with Crippen molar-refractivity contribution in [2.24, 2.45) is 5.41 Å². The molecule has 0 radical (unpaired) electrons. The molecule has 0 atom stereocenters. The third-order valence-electron chi connectivity index (χ3n) is 4.77. The summed E-state index contributed by atoms with van der Waals surface area (Å²) in [4.78, 5) is 0. The molecule has 1 aromatic carbocycles. The largest absolute Gasteiger partial charge is 0.461 e. The minimum absolute atomic E-state index is 0.506. The lowest BCUT2D eigenvalue weighted by Gasteiger charge is -2.23. The maximum absolute atomic E-state index is 5.96. The molecule has 1 aliphatic rings. The van der Waals surface area contributed by atoms with E-state index >= 15 is 0 Å². The van der Waals surface area contributed by atoms with Gasteiger partial charge in [-0.2, -0.15) is 0 Å². The van der Waals surface area contributed by atoms with Gasteiger partial charge in [0.2, 0.25) is 0 Å². The van der Waals surface area contributed by atoms with Crippen LogP contribution in [0.5, 0.6) is 0 Å². The molecule has 0 spiro atoms. The summed E-state index contributed by atoms with van der Waals surface area (Å²) in [5, 5.41) is 4.95. The monoisotopic (exact) mass is 271 g/mol. The van der Waals surface area contributed by atoms with Crippen molar-refractivity contribution < 1.29 is 4.42 Å². The van der Waals surface area contributed by atoms with Crippen LogP contribution < -0.4 is 5.32 Å². The van der Waals surface area contributed by atoms with Crippen molar-refractivity contribution in [1.29, 1.82) is 0 Å². The number of benzene rings is 1. The number of nitrogens with one attached hydrogen (secondary N) is 1. The predicted octanol–water partition coefficient (Wildman–Crippen LogP) is 4.67. The molecular formula is C18H25NO. The molecule has 0 bridgehead atoms. The molecule has 3 rings (SSSR count). The molecule has 1 N–H and O–H groups in total. The third kappa shape index (κ3) is 2.62. The summed E-state index contributed by atoms with van der Waals surface area (Å²) in [6, 6.07) is 8.38. The van der Waals surface area contributed by atoms with Gasteiger partial charge >= 0.3 is 0 Å². The Morgan fingerprint density at radius 2 is 1.95 bits per heavy atom. The van der Waals surface area contributed by atoms with Gasteiger partial charge in [0.1, 0.15) is 11.3 Å². The fourth-order valence-corrected chi connectivity index (χ4v) is 3.52. The Balaban J connectivity index is 1.73. The van der Waals surface area contributed by atoms with Crippen molar-refractivity contribution in [3.8, 4) is 0 Å². The van der Waals surface area contributed by atoms with E-state index in [-0.39, 0.29) is 0 Å². The summed E-state index contributed by atoms with van der Waals surface area (Å²) >= 11 is 0. The summed E-state index contributed by atoms with van der Waals surface area (Å²) in [6.45, 7) is 6.63. The van der Waals surface area contributed by atoms with Gasteiger partial charge in [-0.05, 0) is 24.3 Å². The van der Waals surface area contributed by atoms with Crippen LogP contribution in [0.2, 0.25) is 0 Å². The zero-order valence-electron chi connectivity index (χ0n) is 12.7. The molecule has 2 nitrogen and oxygen atoms in total. The van der Waals surface area contributed by atoms with Crippen LogP contribution in [-0.4, -0.2) is 6.54 Å². The van der Waals surface area contributed by atoms with Crippen LogP contribution >= 0.6 is 0 Å². The van der Waals surface area contributed by atoms with Gasteiger partial charge in [-0.15, -0.1) is 0 Å². The van der Waals surface area contributed by atoms with Gasteiger partial charge < -0.3 is 9.73 Å². The Kier molecular flexibility index (Phi) is 3.84. The predicted molar refractivity (Wildman–Crippen MR) is 83.9 cm³/mol. The minimum Gasteiger partial charge on any atom is -0.461 e. The lowest BCUT2D eigenvalue weighted by atomic mass is 9.89. The molecule has 0 unspecified atom stereocenters. The molecule has 1 aromatic heterocycles. The summed E-state index contributed by atoms with van der Waals surface area (Å²) < 4.78 is 5.96. The quantitative estimate of drug-likeness (QED) is 0.855. The van der Waals surface area contributed by atoms with Gasteiger partial charge in [0.25, 0.3) is 0 Å². The molecule has 1 aliphatic carbocycles. The first-order valence-electron chi connectivity index (χ1n) is 7.92. The van der Waals surface area contributed by atoms with Gasteiger partial charge in [-0.25, -0.2) is 0 Å². The molecule has 0 aliphatic heterocycles. The maximum Gasteiger partial charge on any atom is 0.134 e. The number of aryl methyl sites for hydroxylation is 1. The minimum atomic E-state index is 0.506. The first kappa shape index (κ1) is 13.7. The summed E-state index contributed by atoms with van der Waals surface area (Å²) in [5.41, 5.74) is 2.88. The Hall–Kier alpha value is -1.28. The Bertz CT molecular complexity index is 578. The van der Waals surface area contributed by atoms with Crippen LogP contribution in [0.25, 0.3) is 11.0 Å². The molecule has 2 aromatic rings. The number of hydrogen-bond donors (Lipinski definition) is 1. The number of fused-ring (bicyclic) bond motifs is 1. The first-order chi connectivity index (χ1) is 9.72. The van der Waals surface area contributed by atoms with Crippen molar-refractivity contribution in [2.45, 2.75) is 52.5 Å². The first-order valence-corrected chi connectivity index (χ1v) is 7.92. The molecular weight excluding hydrogens is 246 g/mol. The van der Waals surface area contributed by atoms with Crippen LogP contribution in [0, 0.1) is 5.41 Å². The molecule has 1 fully saturated rings. The van der Waals surface area contributed by atoms with E-state index in [2.05, 4.69) is 37.4 Å². The number of hydrogen-bond acceptors (Lipinski definition) is 2. The van der Waals surface area contributed by atoms with E-state index in [1.54, 1.807) is 0 Å². The van der Waals surface area contributed by atoms with E-state index < -0.39 is 0 Å². The highest BCUT2D eigenvalue weighted by atomic mass is 16.3. The van der Waals surface area contributed by atoms with Crippen molar-refractivity contribution in [1.82, 2.24) is 5.32 Å². The molecule has 0 saturated heterocycles. The average molecular weight is 271 g/mol. The average Bonchev–Trinajstić information content (AvgIpc) is 3.04. The van der Waals surface area contributed by atoms with E-state index in [1.165, 1.54) is 36.6 Å². The third-order valence-corrected chi connectivity index (χ3v) is 4.77. The highest BCUT2D eigenvalue weighted by Gasteiger charge is 2.28. The van der Waals surface area contributed by atoms with Crippen molar-refractivity contribution in [3.63, 3.8) is 0 Å². The van der Waals surface area contributed by atoms with Gasteiger partial charge in [0.05, 0.1) is 0 Å². The van der Waals surface area contributed by atoms with E-state index in [9.17, 15) is 0 Å². The van der Waals surface area contributed by atoms with Crippen molar-refractivity contribution in [3.05, 3.63) is 35.6 Å². The number of furan rings is 1. The molecule has 1 heterocycles. The second kappa shape index (κ2) is 5.61. The standard InChI is InChI=1S/C18H25NO/c1-3-16-15(14-8-4-5-9-17(14)20-16)12-19-13-18(2)10-6-7-11-18/h4-5,8-9,19H,3,6-7,10-13H2,1-2H3. The van der Waals surface area contributed by atoms with E-state index in [4.69, 9.17) is 4.42 Å². The Morgan fingerprint density at radius 3 is 2.70 bits per heavy atom. The van der Waals surface area contributed by atoms with Crippen LogP contribution in [0.4, 0.5) is 0 Å². The lowest BCUT2D eigenvalue weighted by molar-refractivity contribution is 0.314. The highest BCUT2D eigenvalue weighted by molar-refractivity contribution is 5.82. The van der Waals surface area contributed by atoms with Crippen LogP contribution in [-0.2, 0) is 13.0 Å². The van der Waals surface area contributed by atoms with E-state index in [1.807, 2.05) is 6.07 Å². The normalized spacial score (nSPS) is 17.9. The fourth-order valence-electron chi connectivity index (χ4n) is 3.52. The SMILES string of the molecule is CCc1oc2ccccc2c1CNCC1(C)CCCC1. The van der Waals surface area contributed by atoms with Crippen LogP contribution in [0.3, 0.4) is 0 Å². The molecule has 1 saturated carbocycles. The summed E-state index contributed by atoms with van der Waals surface area (Å²) in [7, 11) is 0. The van der Waals surface area contributed by atoms with Gasteiger partial charge in [-0.1, -0.05) is 44.9 Å². The topological polar surface area (TPSA) is 25.2 Å². The number of para-hydroxylation sites is 1. The Morgan fingerprint density at radius 1 is 1.20 bits per heavy atom. The van der Waals surface area contributed by atoms with Gasteiger partial charge in [0.15, 0.2) is 0 Å². The lowest BCUT2D eigenvalue weighted by Crippen LogP contribution is -2.29. The zero-order chi connectivity index (χ0) is 14.0. The molecule has 108 valence electrons. The summed E-state index contributed by atoms with van der Waals surface area (Å²) in [5.74, 6) is 1.13. The molecule has 0 amide bonds. The fraction of sp³-hybridized carbons (Fsp3) is 0.556. The molecule has 20 heavy (non-hydrogen) atoms. The smallest absolute Gasteiger partial charge is 0.134 e. The zero-order valence-corrected chi connectivity index (χ0v) is 12.7. The molecule has 2 heteroatoms. The maximum atomic E-state index is 5.96. The number of rotatable bonds is 5. The second-order valence-corrected chi connectivity index (χ2v) is 6.47. The second-order valence-electron chi connectivity index (χ2n) is 6.47. The highest BCUT2D eigenvalue weighted by Crippen LogP contribution is 2.37. The van der Waals surface area contributed by atoms with Crippen molar-refractivity contribution in [2.75, 3.05) is 6.54 Å². The van der Waals surface area contributed by atoms with Crippen LogP contribution in [0.1, 0.15) is 50.9 Å². The Labute approximate surface area is 121 Å². The van der Waals surface area contributed by atoms with E-state index in [0.29, 0.717) is 5.41 Å². The van der Waals surface area contributed by atoms with Gasteiger partial charge in [0, 0.05) is 30.5 Å². The van der Waals surface area contributed by atoms with E-state index in [0.717, 1.165) is 30.9 Å². The van der Waals surface area contributed by atoms with Crippen LogP contribution in [0.15, 0.2) is 28.7 Å².